The fourth-order valence-corrected chi connectivity index (χ4v) is 2.36. The number of hydrogen-bond acceptors (Lipinski definition) is 4. The molecule has 0 spiro atoms. The molecule has 3 rings (SSSR count). The Labute approximate surface area is 112 Å². The molecule has 2 aromatic heterocycles. The molecule has 0 saturated carbocycles. The number of aromatic nitrogens is 4. The summed E-state index contributed by atoms with van der Waals surface area (Å²) in [5, 5.41) is 14.0. The van der Waals surface area contributed by atoms with Crippen LogP contribution in [0, 0.1) is 0 Å². The predicted molar refractivity (Wildman–Crippen MR) is 61.4 cm³/mol. The van der Waals surface area contributed by atoms with Gasteiger partial charge >= 0.3 is 6.18 Å². The van der Waals surface area contributed by atoms with E-state index in [1.165, 1.54) is 7.05 Å². The van der Waals surface area contributed by atoms with Gasteiger partial charge in [0.2, 0.25) is 0 Å². The highest BCUT2D eigenvalue weighted by Crippen LogP contribution is 2.32. The summed E-state index contributed by atoms with van der Waals surface area (Å²) in [6, 6.07) is 0.980. The average molecular weight is 287 g/mol. The van der Waals surface area contributed by atoms with Gasteiger partial charge in [-0.25, -0.2) is 4.98 Å². The van der Waals surface area contributed by atoms with Gasteiger partial charge in [0.25, 0.3) is 0 Å². The van der Waals surface area contributed by atoms with Crippen LogP contribution in [0.1, 0.15) is 17.1 Å². The second kappa shape index (κ2) is 4.06. The third-order valence-corrected chi connectivity index (χ3v) is 3.36. The monoisotopic (exact) mass is 287 g/mol. The predicted octanol–water partition coefficient (Wildman–Crippen LogP) is 1.54. The van der Waals surface area contributed by atoms with Gasteiger partial charge in [-0.15, -0.1) is 0 Å². The van der Waals surface area contributed by atoms with Gasteiger partial charge in [0.15, 0.2) is 11.5 Å². The van der Waals surface area contributed by atoms with E-state index >= 15 is 0 Å². The minimum atomic E-state index is -4.48. The lowest BCUT2D eigenvalue weighted by atomic mass is 10.3. The maximum atomic E-state index is 12.7. The lowest BCUT2D eigenvalue weighted by molar-refractivity contribution is -0.141. The molecule has 0 atom stereocenters. The molecule has 20 heavy (non-hydrogen) atoms. The smallest absolute Gasteiger partial charge is 0.328 e. The summed E-state index contributed by atoms with van der Waals surface area (Å²) in [7, 11) is 3.16. The highest BCUT2D eigenvalue weighted by molar-refractivity contribution is 5.53. The number of imidazole rings is 1. The summed E-state index contributed by atoms with van der Waals surface area (Å²) >= 11 is 0. The van der Waals surface area contributed by atoms with Crippen molar-refractivity contribution in [2.24, 2.45) is 14.1 Å². The lowest BCUT2D eigenvalue weighted by Crippen LogP contribution is -2.12. The van der Waals surface area contributed by atoms with Crippen LogP contribution in [0.5, 0.6) is 0 Å². The standard InChI is InChI=1S/C11H12F3N5O/c1-17-8-5-19(20)4-6(8)15-10(17)7-3-9(11(12,13)14)16-18(7)2/h3,20H,4-5H2,1-2H3. The van der Waals surface area contributed by atoms with Crippen LogP contribution < -0.4 is 0 Å². The number of hydroxylamine groups is 2. The van der Waals surface area contributed by atoms with E-state index in [2.05, 4.69) is 10.1 Å². The van der Waals surface area contributed by atoms with Gasteiger partial charge in [0, 0.05) is 14.1 Å². The first-order valence-corrected chi connectivity index (χ1v) is 5.87. The van der Waals surface area contributed by atoms with Gasteiger partial charge in [-0.3, -0.25) is 4.68 Å². The molecular formula is C11H12F3N5O. The van der Waals surface area contributed by atoms with Crippen LogP contribution >= 0.6 is 0 Å². The second-order valence-electron chi connectivity index (χ2n) is 4.75. The summed E-state index contributed by atoms with van der Waals surface area (Å²) in [5.74, 6) is 0.411. The molecule has 1 N–H and O–H groups in total. The number of fused-ring (bicyclic) bond motifs is 1. The lowest BCUT2D eigenvalue weighted by Gasteiger charge is -2.07. The van der Waals surface area contributed by atoms with E-state index in [0.717, 1.165) is 21.5 Å². The molecule has 0 bridgehead atoms. The minimum Gasteiger partial charge on any atom is -0.328 e. The largest absolute Gasteiger partial charge is 0.435 e. The van der Waals surface area contributed by atoms with Gasteiger partial charge in [-0.05, 0) is 6.07 Å². The van der Waals surface area contributed by atoms with Crippen molar-refractivity contribution in [1.82, 2.24) is 24.4 Å². The van der Waals surface area contributed by atoms with Crippen molar-refractivity contribution in [2.75, 3.05) is 0 Å². The highest BCUT2D eigenvalue weighted by Gasteiger charge is 2.35. The normalized spacial score (nSPS) is 15.9. The number of rotatable bonds is 1. The van der Waals surface area contributed by atoms with Crippen LogP contribution in [-0.4, -0.2) is 29.6 Å². The van der Waals surface area contributed by atoms with E-state index in [9.17, 15) is 18.4 Å². The van der Waals surface area contributed by atoms with Gasteiger partial charge in [0.1, 0.15) is 5.69 Å². The number of nitrogens with zero attached hydrogens (tertiary/aromatic N) is 5. The zero-order valence-electron chi connectivity index (χ0n) is 10.8. The fraction of sp³-hybridized carbons (Fsp3) is 0.455. The first-order valence-electron chi connectivity index (χ1n) is 5.87. The Bertz CT molecular complexity index is 672. The van der Waals surface area contributed by atoms with Gasteiger partial charge in [0.05, 0.1) is 24.5 Å². The molecule has 2 aromatic rings. The third kappa shape index (κ3) is 1.90. The van der Waals surface area contributed by atoms with Crippen LogP contribution in [0.15, 0.2) is 6.07 Å². The van der Waals surface area contributed by atoms with E-state index in [4.69, 9.17) is 0 Å². The molecule has 0 unspecified atom stereocenters. The number of alkyl halides is 3. The van der Waals surface area contributed by atoms with Crippen molar-refractivity contribution in [2.45, 2.75) is 19.3 Å². The first kappa shape index (κ1) is 13.1. The SMILES string of the molecule is Cn1nc(C(F)(F)F)cc1-c1nc2c(n1C)CN(O)C2. The van der Waals surface area contributed by atoms with Crippen LogP contribution in [0.3, 0.4) is 0 Å². The number of hydrogen-bond donors (Lipinski definition) is 1. The van der Waals surface area contributed by atoms with Crippen molar-refractivity contribution in [1.29, 1.82) is 0 Å². The molecule has 0 amide bonds. The zero-order chi connectivity index (χ0) is 14.7. The van der Waals surface area contributed by atoms with Gasteiger partial charge in [-0.1, -0.05) is 0 Å². The zero-order valence-corrected chi connectivity index (χ0v) is 10.8. The Morgan fingerprint density at radius 1 is 1.25 bits per heavy atom. The van der Waals surface area contributed by atoms with Crippen LogP contribution in [0.25, 0.3) is 11.5 Å². The van der Waals surface area contributed by atoms with E-state index in [1.807, 2.05) is 0 Å². The summed E-state index contributed by atoms with van der Waals surface area (Å²) in [6.07, 6.45) is -4.48. The Hall–Kier alpha value is -1.87. The van der Waals surface area contributed by atoms with E-state index in [1.54, 1.807) is 11.6 Å². The van der Waals surface area contributed by atoms with Crippen molar-refractivity contribution in [3.63, 3.8) is 0 Å². The third-order valence-electron chi connectivity index (χ3n) is 3.36. The maximum absolute atomic E-state index is 12.7. The van der Waals surface area contributed by atoms with Crippen molar-refractivity contribution < 1.29 is 18.4 Å². The van der Waals surface area contributed by atoms with Gasteiger partial charge < -0.3 is 9.77 Å². The molecule has 9 heteroatoms. The fourth-order valence-electron chi connectivity index (χ4n) is 2.36. The Kier molecular flexibility index (Phi) is 2.67. The minimum absolute atomic E-state index is 0.271. The van der Waals surface area contributed by atoms with Gasteiger partial charge in [-0.2, -0.15) is 23.3 Å². The maximum Gasteiger partial charge on any atom is 0.435 e. The summed E-state index contributed by atoms with van der Waals surface area (Å²) in [4.78, 5) is 4.30. The van der Waals surface area contributed by atoms with E-state index in [-0.39, 0.29) is 6.54 Å². The topological polar surface area (TPSA) is 59.1 Å². The van der Waals surface area contributed by atoms with Crippen molar-refractivity contribution in [3.8, 4) is 11.5 Å². The number of aryl methyl sites for hydroxylation is 1. The summed E-state index contributed by atoms with van der Waals surface area (Å²) in [5.41, 5.74) is 0.803. The molecule has 0 radical (unpaired) electrons. The molecule has 0 aromatic carbocycles. The summed E-state index contributed by atoms with van der Waals surface area (Å²) in [6.45, 7) is 0.579. The first-order chi connectivity index (χ1) is 9.27. The van der Waals surface area contributed by atoms with Crippen LogP contribution in [0.2, 0.25) is 0 Å². The Balaban J connectivity index is 2.07. The van der Waals surface area contributed by atoms with Crippen molar-refractivity contribution in [3.05, 3.63) is 23.1 Å². The molecular weight excluding hydrogens is 275 g/mol. The van der Waals surface area contributed by atoms with E-state index in [0.29, 0.717) is 23.8 Å². The Morgan fingerprint density at radius 2 is 1.95 bits per heavy atom. The quantitative estimate of drug-likeness (QED) is 0.864. The highest BCUT2D eigenvalue weighted by atomic mass is 19.4. The molecule has 0 saturated heterocycles. The molecule has 108 valence electrons. The molecule has 6 nitrogen and oxygen atoms in total. The van der Waals surface area contributed by atoms with Crippen LogP contribution in [0.4, 0.5) is 13.2 Å². The Morgan fingerprint density at radius 3 is 2.50 bits per heavy atom. The number of halogens is 3. The van der Waals surface area contributed by atoms with Crippen LogP contribution in [-0.2, 0) is 33.4 Å². The van der Waals surface area contributed by atoms with Crippen molar-refractivity contribution >= 4 is 0 Å². The van der Waals surface area contributed by atoms with E-state index < -0.39 is 11.9 Å². The molecule has 1 aliphatic heterocycles. The molecule has 0 fully saturated rings. The second-order valence-corrected chi connectivity index (χ2v) is 4.75. The summed E-state index contributed by atoms with van der Waals surface area (Å²) < 4.78 is 40.9. The molecule has 1 aliphatic rings. The molecule has 0 aliphatic carbocycles. The molecule has 3 heterocycles. The average Bonchev–Trinajstić information content (AvgIpc) is 2.94.